The molecule has 0 aliphatic carbocycles. The predicted octanol–water partition coefficient (Wildman–Crippen LogP) is 28.7. The number of ether oxygens (including phenoxy) is 7. The lowest BCUT2D eigenvalue weighted by Crippen LogP contribution is -2.46. The molecular formula is C102H190N3O17P. The first kappa shape index (κ1) is 117. The third-order valence-electron chi connectivity index (χ3n) is 24.7. The maximum Gasteiger partial charge on any atom is 0.325 e. The Morgan fingerprint density at radius 3 is 0.683 bits per heavy atom. The number of carbonyl (C=O) groups is 7. The van der Waals surface area contributed by atoms with Gasteiger partial charge in [0, 0.05) is 38.4 Å². The van der Waals surface area contributed by atoms with Crippen LogP contribution in [0.15, 0.2) is 6.20 Å². The molecule has 21 heteroatoms. The van der Waals surface area contributed by atoms with Gasteiger partial charge in [0.05, 0.1) is 6.20 Å². The molecule has 0 aliphatic rings. The van der Waals surface area contributed by atoms with Crippen molar-refractivity contribution in [2.24, 2.45) is 16.2 Å². The van der Waals surface area contributed by atoms with Crippen molar-refractivity contribution in [2.75, 3.05) is 45.8 Å². The van der Waals surface area contributed by atoms with Crippen molar-refractivity contribution in [1.82, 2.24) is 15.0 Å². The number of esters is 7. The van der Waals surface area contributed by atoms with Crippen LogP contribution in [0.25, 0.3) is 0 Å². The van der Waals surface area contributed by atoms with E-state index in [1.54, 1.807) is 10.9 Å². The maximum atomic E-state index is 14.8. The van der Waals surface area contributed by atoms with Gasteiger partial charge in [-0.2, -0.15) is 0 Å². The van der Waals surface area contributed by atoms with E-state index in [4.69, 9.17) is 42.9 Å². The predicted molar refractivity (Wildman–Crippen MR) is 501 cm³/mol. The first-order chi connectivity index (χ1) is 59.7. The van der Waals surface area contributed by atoms with E-state index in [1.807, 2.05) is 0 Å². The number of nitrogens with zero attached hydrogens (tertiary/aromatic N) is 3. The van der Waals surface area contributed by atoms with Gasteiger partial charge in [-0.15, -0.1) is 5.10 Å². The standard InChI is InChI=1S/C102H190N3O17P/c1-8-12-16-20-24-28-32-36-40-44-48-54-60-66-72-78-93(106)117-86-100(5,87-118-94(107)79-73-67-61-55-49-45-41-37-33-29-25-21-17-13-9-2)98(111)121-90-102(7,97(110)116-85-92-84-105(104-103-92)82-76-70-64-58-52-53-59-65-71-77-83-123(113,114)115)91-122-99(112)101(6,88-119-95(108)80-74-68-62-56-50-46-42-38-34-30-26-22-18-14-10-3)89-120-96(109)81-75-69-63-57-51-47-43-39-35-31-27-23-19-15-11-4/h84H,8-83,85-91H2,1-7H3,(H2,113,114,115). The van der Waals surface area contributed by atoms with E-state index in [2.05, 4.69) is 38.0 Å². The summed E-state index contributed by atoms with van der Waals surface area (Å²) < 4.78 is 54.4. The SMILES string of the molecule is CCCCCCCCCCCCCCCCCC(=O)OCC(C)(COC(=O)CCCCCCCCCCCCCCCCC)C(=O)OCC(C)(COC(=O)C(C)(COC(=O)CCCCCCCCCCCCCCCCC)COC(=O)CCCCCCCCCCCCCCCCC)C(=O)OCc1cn(CCCCCCCCCCCCP(=O)(O)O)nn1. The smallest absolute Gasteiger partial charge is 0.325 e. The highest BCUT2D eigenvalue weighted by molar-refractivity contribution is 7.51. The highest BCUT2D eigenvalue weighted by Gasteiger charge is 2.46. The zero-order chi connectivity index (χ0) is 90.0. The van der Waals surface area contributed by atoms with Crippen LogP contribution in [0.3, 0.4) is 0 Å². The van der Waals surface area contributed by atoms with Crippen LogP contribution >= 0.6 is 7.60 Å². The van der Waals surface area contributed by atoms with Gasteiger partial charge in [0.1, 0.15) is 68.2 Å². The molecular weight excluding hydrogens is 1570 g/mol. The fourth-order valence-electron chi connectivity index (χ4n) is 15.9. The number of aryl methyl sites for hydroxylation is 1. The third kappa shape index (κ3) is 72.1. The molecule has 0 aromatic carbocycles. The van der Waals surface area contributed by atoms with Gasteiger partial charge in [0.15, 0.2) is 0 Å². The molecule has 0 atom stereocenters. The van der Waals surface area contributed by atoms with Crippen molar-refractivity contribution in [3.63, 3.8) is 0 Å². The highest BCUT2D eigenvalue weighted by Crippen LogP contribution is 2.36. The van der Waals surface area contributed by atoms with Gasteiger partial charge >= 0.3 is 49.4 Å². The topological polar surface area (TPSA) is 272 Å². The van der Waals surface area contributed by atoms with Crippen molar-refractivity contribution >= 4 is 49.4 Å². The van der Waals surface area contributed by atoms with E-state index >= 15 is 0 Å². The minimum Gasteiger partial charge on any atom is -0.464 e. The molecule has 0 saturated carbocycles. The van der Waals surface area contributed by atoms with Gasteiger partial charge in [0.2, 0.25) is 0 Å². The fraction of sp³-hybridized carbons (Fsp3) is 0.912. The second-order valence-electron chi connectivity index (χ2n) is 37.7. The lowest BCUT2D eigenvalue weighted by Gasteiger charge is -2.32. The minimum atomic E-state index is -3.94. The Bertz CT molecular complexity index is 2490. The van der Waals surface area contributed by atoms with Crippen LogP contribution in [0.4, 0.5) is 0 Å². The Kier molecular flexibility index (Phi) is 77.7. The Morgan fingerprint density at radius 1 is 0.276 bits per heavy atom. The lowest BCUT2D eigenvalue weighted by molar-refractivity contribution is -0.182. The van der Waals surface area contributed by atoms with Crippen LogP contribution in [0.5, 0.6) is 0 Å². The summed E-state index contributed by atoms with van der Waals surface area (Å²) >= 11 is 0. The van der Waals surface area contributed by atoms with Crippen molar-refractivity contribution in [1.29, 1.82) is 0 Å². The first-order valence-electron chi connectivity index (χ1n) is 51.7. The Balaban J connectivity index is 3.42. The molecule has 0 spiro atoms. The monoisotopic (exact) mass is 1760 g/mol. The molecule has 0 radical (unpaired) electrons. The molecule has 2 N–H and O–H groups in total. The summed E-state index contributed by atoms with van der Waals surface area (Å²) in [5.41, 5.74) is -5.05. The maximum absolute atomic E-state index is 14.8. The molecule has 20 nitrogen and oxygen atoms in total. The zero-order valence-electron chi connectivity index (χ0n) is 80.6. The van der Waals surface area contributed by atoms with Crippen molar-refractivity contribution in [3.8, 4) is 0 Å². The highest BCUT2D eigenvalue weighted by atomic mass is 31.2. The third-order valence-corrected chi connectivity index (χ3v) is 25.6. The van der Waals surface area contributed by atoms with Crippen LogP contribution in [-0.4, -0.2) is 112 Å². The molecule has 1 aromatic rings. The van der Waals surface area contributed by atoms with E-state index in [1.165, 1.54) is 278 Å². The summed E-state index contributed by atoms with van der Waals surface area (Å²) in [6.45, 7) is 10.3. The molecule has 0 unspecified atom stereocenters. The number of hydrogen-bond donors (Lipinski definition) is 2. The average molecular weight is 1760 g/mol. The number of hydrogen-bond acceptors (Lipinski definition) is 17. The van der Waals surface area contributed by atoms with Crippen molar-refractivity contribution in [2.45, 2.75) is 537 Å². The van der Waals surface area contributed by atoms with Gasteiger partial charge in [-0.05, 0) is 59.3 Å². The van der Waals surface area contributed by atoms with Gasteiger partial charge in [-0.25, -0.2) is 0 Å². The molecule has 0 aliphatic heterocycles. The first-order valence-corrected chi connectivity index (χ1v) is 53.5. The summed E-state index contributed by atoms with van der Waals surface area (Å²) in [5, 5.41) is 8.58. The van der Waals surface area contributed by atoms with Gasteiger partial charge in [0.25, 0.3) is 0 Å². The molecule has 1 rings (SSSR count). The molecule has 0 amide bonds. The molecule has 0 saturated heterocycles. The zero-order valence-corrected chi connectivity index (χ0v) is 81.5. The summed E-state index contributed by atoms with van der Waals surface area (Å²) in [5.74, 6) is -4.80. The molecule has 0 bridgehead atoms. The van der Waals surface area contributed by atoms with Crippen molar-refractivity contribution in [3.05, 3.63) is 11.9 Å². The normalized spacial score (nSPS) is 12.0. The Hall–Kier alpha value is -4.42. The van der Waals surface area contributed by atoms with Crippen molar-refractivity contribution < 1.29 is 81.1 Å². The number of carbonyl (C=O) groups excluding carboxylic acids is 7. The van der Waals surface area contributed by atoms with E-state index in [0.717, 1.165) is 161 Å². The molecule has 123 heavy (non-hydrogen) atoms. The van der Waals surface area contributed by atoms with Crippen LogP contribution in [0.1, 0.15) is 529 Å². The van der Waals surface area contributed by atoms with Crippen LogP contribution in [-0.2, 0) is 84.4 Å². The van der Waals surface area contributed by atoms with Gasteiger partial charge in [-0.1, -0.05) is 444 Å². The minimum absolute atomic E-state index is 0.0577. The van der Waals surface area contributed by atoms with Crippen LogP contribution in [0, 0.1) is 16.2 Å². The van der Waals surface area contributed by atoms with E-state index in [0.29, 0.717) is 44.3 Å². The number of aromatic nitrogens is 3. The van der Waals surface area contributed by atoms with E-state index < -0.39 is 105 Å². The quantitative estimate of drug-likeness (QED) is 0.0265. The average Bonchev–Trinajstić information content (AvgIpc) is 1.40. The number of unbranched alkanes of at least 4 members (excludes halogenated alkanes) is 65. The number of rotatable bonds is 94. The lowest BCUT2D eigenvalue weighted by atomic mass is 9.90. The second-order valence-corrected chi connectivity index (χ2v) is 39.5. The van der Waals surface area contributed by atoms with Crippen LogP contribution < -0.4 is 0 Å². The molecule has 720 valence electrons. The summed E-state index contributed by atoms with van der Waals surface area (Å²) in [6, 6.07) is 0. The molecule has 1 aromatic heterocycles. The van der Waals surface area contributed by atoms with Crippen LogP contribution in [0.2, 0.25) is 0 Å². The summed E-state index contributed by atoms with van der Waals surface area (Å²) in [6.07, 6.45) is 82.5. The Morgan fingerprint density at radius 2 is 0.463 bits per heavy atom. The Labute approximate surface area is 752 Å². The van der Waals surface area contributed by atoms with E-state index in [9.17, 15) is 38.1 Å². The second kappa shape index (κ2) is 82.0. The van der Waals surface area contributed by atoms with Gasteiger partial charge in [-0.3, -0.25) is 42.8 Å². The molecule has 1 heterocycles. The fourth-order valence-corrected chi connectivity index (χ4v) is 16.6. The summed E-state index contributed by atoms with van der Waals surface area (Å²) in [4.78, 5) is 117. The largest absolute Gasteiger partial charge is 0.464 e. The molecule has 0 fully saturated rings. The van der Waals surface area contributed by atoms with E-state index in [-0.39, 0.29) is 38.5 Å². The summed E-state index contributed by atoms with van der Waals surface area (Å²) in [7, 11) is -3.94. The van der Waals surface area contributed by atoms with Gasteiger partial charge < -0.3 is 42.9 Å².